The zero-order valence-corrected chi connectivity index (χ0v) is 14.5. The highest BCUT2D eigenvalue weighted by atomic mass is 35.5. The Labute approximate surface area is 147 Å². The maximum Gasteiger partial charge on any atom is 0.213 e. The van der Waals surface area contributed by atoms with E-state index < -0.39 is 0 Å². The molecule has 0 saturated carbocycles. The first-order valence-corrected chi connectivity index (χ1v) is 8.61. The monoisotopic (exact) mass is 344 g/mol. The number of benzene rings is 1. The summed E-state index contributed by atoms with van der Waals surface area (Å²) in [6.07, 6.45) is 2.21. The minimum Gasteiger partial charge on any atom is -0.473 e. The van der Waals surface area contributed by atoms with Crippen LogP contribution in [0.1, 0.15) is 47.3 Å². The first-order chi connectivity index (χ1) is 11.6. The summed E-state index contributed by atoms with van der Waals surface area (Å²) in [7, 11) is 0. The number of ketones is 1. The fourth-order valence-corrected chi connectivity index (χ4v) is 3.13. The summed E-state index contributed by atoms with van der Waals surface area (Å²) in [4.78, 5) is 16.0. The van der Waals surface area contributed by atoms with Crippen LogP contribution in [0.3, 0.4) is 0 Å². The number of carbonyl (C=O) groups is 1. The predicted octanol–water partition coefficient (Wildman–Crippen LogP) is 3.98. The summed E-state index contributed by atoms with van der Waals surface area (Å²) in [5.41, 5.74) is 2.54. The van der Waals surface area contributed by atoms with Gasteiger partial charge in [-0.15, -0.1) is 0 Å². The van der Waals surface area contributed by atoms with Crippen LogP contribution in [-0.2, 0) is 6.61 Å². The van der Waals surface area contributed by atoms with E-state index in [1.165, 1.54) is 6.92 Å². The number of nitrogens with one attached hydrogen (secondary N) is 1. The molecular formula is C19H21ClN2O2. The number of rotatable bonds is 5. The second kappa shape index (κ2) is 7.77. The van der Waals surface area contributed by atoms with Gasteiger partial charge in [0.2, 0.25) is 5.88 Å². The molecule has 0 amide bonds. The van der Waals surface area contributed by atoms with Crippen molar-refractivity contribution in [3.8, 4) is 5.88 Å². The highest BCUT2D eigenvalue weighted by Gasteiger charge is 2.17. The van der Waals surface area contributed by atoms with E-state index in [-0.39, 0.29) is 5.78 Å². The molecule has 1 aliphatic heterocycles. The number of Topliss-reactive ketones (excluding diaryl/α,β-unsaturated/α-hetero) is 1. The van der Waals surface area contributed by atoms with Crippen LogP contribution in [0.4, 0.5) is 0 Å². The summed E-state index contributed by atoms with van der Waals surface area (Å²) in [6, 6.07) is 11.2. The summed E-state index contributed by atoms with van der Waals surface area (Å²) < 4.78 is 5.81. The number of hydrogen-bond acceptors (Lipinski definition) is 4. The van der Waals surface area contributed by atoms with Gasteiger partial charge in [-0.3, -0.25) is 4.79 Å². The average Bonchev–Trinajstić information content (AvgIpc) is 2.61. The molecule has 0 aliphatic carbocycles. The molecule has 1 aromatic carbocycles. The Balaban J connectivity index is 1.67. The molecule has 3 rings (SSSR count). The zero-order valence-electron chi connectivity index (χ0n) is 13.7. The van der Waals surface area contributed by atoms with Crippen molar-refractivity contribution in [1.29, 1.82) is 0 Å². The molecule has 5 heteroatoms. The van der Waals surface area contributed by atoms with Gasteiger partial charge in [-0.25, -0.2) is 4.98 Å². The molecule has 1 aromatic heterocycles. The molecule has 0 radical (unpaired) electrons. The lowest BCUT2D eigenvalue weighted by Crippen LogP contribution is -2.27. The Morgan fingerprint density at radius 1 is 1.29 bits per heavy atom. The van der Waals surface area contributed by atoms with Crippen molar-refractivity contribution in [3.05, 3.63) is 58.2 Å². The fourth-order valence-electron chi connectivity index (χ4n) is 2.89. The Kier molecular flexibility index (Phi) is 5.48. The van der Waals surface area contributed by atoms with E-state index >= 15 is 0 Å². The lowest BCUT2D eigenvalue weighted by molar-refractivity contribution is 0.101. The second-order valence-electron chi connectivity index (χ2n) is 6.08. The minimum absolute atomic E-state index is 0.000656. The number of carbonyl (C=O) groups excluding carboxylic acids is 1. The molecule has 1 aliphatic rings. The molecule has 24 heavy (non-hydrogen) atoms. The standard InChI is InChI=1S/C19H21ClN2O2/c1-13(23)15-5-6-16(17(20)11-15)12-24-19-4-2-3-18(22-19)14-7-9-21-10-8-14/h2-6,11,14,21H,7-10,12H2,1H3. The molecule has 2 heterocycles. The van der Waals surface area contributed by atoms with Crippen LogP contribution in [0.2, 0.25) is 5.02 Å². The number of ether oxygens (including phenoxy) is 1. The smallest absolute Gasteiger partial charge is 0.213 e. The second-order valence-corrected chi connectivity index (χ2v) is 6.48. The van der Waals surface area contributed by atoms with Gasteiger partial charge in [0.25, 0.3) is 0 Å². The lowest BCUT2D eigenvalue weighted by atomic mass is 9.94. The number of aromatic nitrogens is 1. The third kappa shape index (κ3) is 4.13. The molecule has 0 unspecified atom stereocenters. The number of nitrogens with zero attached hydrogens (tertiary/aromatic N) is 1. The van der Waals surface area contributed by atoms with Gasteiger partial charge in [-0.2, -0.15) is 0 Å². The minimum atomic E-state index is 0.000656. The first-order valence-electron chi connectivity index (χ1n) is 8.23. The van der Waals surface area contributed by atoms with Crippen LogP contribution < -0.4 is 10.1 Å². The number of piperidine rings is 1. The molecule has 2 aromatic rings. The van der Waals surface area contributed by atoms with Crippen LogP contribution in [0.25, 0.3) is 0 Å². The molecule has 0 atom stereocenters. The fraction of sp³-hybridized carbons (Fsp3) is 0.368. The average molecular weight is 345 g/mol. The third-order valence-corrected chi connectivity index (χ3v) is 4.69. The molecule has 4 nitrogen and oxygen atoms in total. The van der Waals surface area contributed by atoms with Crippen molar-refractivity contribution in [2.75, 3.05) is 13.1 Å². The van der Waals surface area contributed by atoms with E-state index in [9.17, 15) is 4.79 Å². The van der Waals surface area contributed by atoms with E-state index in [0.29, 0.717) is 29.0 Å². The van der Waals surface area contributed by atoms with Crippen molar-refractivity contribution >= 4 is 17.4 Å². The van der Waals surface area contributed by atoms with Gasteiger partial charge in [-0.05, 0) is 45.0 Å². The van der Waals surface area contributed by atoms with Crippen molar-refractivity contribution in [2.24, 2.45) is 0 Å². The molecule has 1 N–H and O–H groups in total. The summed E-state index contributed by atoms with van der Waals surface area (Å²) >= 11 is 6.23. The molecular weight excluding hydrogens is 324 g/mol. The van der Waals surface area contributed by atoms with Crippen molar-refractivity contribution < 1.29 is 9.53 Å². The summed E-state index contributed by atoms with van der Waals surface area (Å²) in [6.45, 7) is 3.93. The highest BCUT2D eigenvalue weighted by Crippen LogP contribution is 2.25. The Bertz CT molecular complexity index is 727. The van der Waals surface area contributed by atoms with Gasteiger partial charge >= 0.3 is 0 Å². The van der Waals surface area contributed by atoms with Crippen molar-refractivity contribution in [1.82, 2.24) is 10.3 Å². The quantitative estimate of drug-likeness (QED) is 0.833. The van der Waals surface area contributed by atoms with E-state index in [1.807, 2.05) is 18.2 Å². The van der Waals surface area contributed by atoms with Crippen LogP contribution in [0, 0.1) is 0 Å². The Morgan fingerprint density at radius 3 is 2.79 bits per heavy atom. The molecule has 126 valence electrons. The van der Waals surface area contributed by atoms with Gasteiger partial charge in [0.1, 0.15) is 6.61 Å². The molecule has 0 spiro atoms. The SMILES string of the molecule is CC(=O)c1ccc(COc2cccc(C3CCNCC3)n2)c(Cl)c1. The van der Waals surface area contributed by atoms with Crippen LogP contribution in [0.5, 0.6) is 5.88 Å². The maximum absolute atomic E-state index is 11.4. The molecule has 1 fully saturated rings. The van der Waals surface area contributed by atoms with Gasteiger partial charge in [0, 0.05) is 33.8 Å². The normalized spacial score (nSPS) is 15.2. The van der Waals surface area contributed by atoms with Gasteiger partial charge in [0.15, 0.2) is 5.78 Å². The first kappa shape index (κ1) is 16.9. The summed E-state index contributed by atoms with van der Waals surface area (Å²) in [5, 5.41) is 3.91. The van der Waals surface area contributed by atoms with Crippen LogP contribution >= 0.6 is 11.6 Å². The van der Waals surface area contributed by atoms with E-state index in [0.717, 1.165) is 37.2 Å². The zero-order chi connectivity index (χ0) is 16.9. The summed E-state index contributed by atoms with van der Waals surface area (Å²) in [5.74, 6) is 1.10. The van der Waals surface area contributed by atoms with Gasteiger partial charge in [0.05, 0.1) is 0 Å². The number of pyridine rings is 1. The van der Waals surface area contributed by atoms with Crippen molar-refractivity contribution in [2.45, 2.75) is 32.3 Å². The Hall–Kier alpha value is -1.91. The number of hydrogen-bond donors (Lipinski definition) is 1. The van der Waals surface area contributed by atoms with Crippen molar-refractivity contribution in [3.63, 3.8) is 0 Å². The van der Waals surface area contributed by atoms with Gasteiger partial charge in [-0.1, -0.05) is 29.8 Å². The molecule has 0 bridgehead atoms. The largest absolute Gasteiger partial charge is 0.473 e. The van der Waals surface area contributed by atoms with E-state index in [4.69, 9.17) is 16.3 Å². The predicted molar refractivity (Wildman–Crippen MR) is 94.9 cm³/mol. The van der Waals surface area contributed by atoms with Crippen LogP contribution in [0.15, 0.2) is 36.4 Å². The Morgan fingerprint density at radius 2 is 2.08 bits per heavy atom. The molecule has 1 saturated heterocycles. The maximum atomic E-state index is 11.4. The third-order valence-electron chi connectivity index (χ3n) is 4.34. The lowest BCUT2D eigenvalue weighted by Gasteiger charge is -2.22. The highest BCUT2D eigenvalue weighted by molar-refractivity contribution is 6.31. The topological polar surface area (TPSA) is 51.2 Å². The van der Waals surface area contributed by atoms with Crippen LogP contribution in [-0.4, -0.2) is 23.9 Å². The van der Waals surface area contributed by atoms with E-state index in [1.54, 1.807) is 12.1 Å². The van der Waals surface area contributed by atoms with Gasteiger partial charge < -0.3 is 10.1 Å². The van der Waals surface area contributed by atoms with E-state index in [2.05, 4.69) is 16.4 Å². The number of halogens is 1.